The molecule has 15 heavy (non-hydrogen) atoms. The molecule has 0 radical (unpaired) electrons. The fourth-order valence-electron chi connectivity index (χ4n) is 0.994. The zero-order chi connectivity index (χ0) is 11.4. The lowest BCUT2D eigenvalue weighted by Gasteiger charge is -2.07. The normalized spacial score (nSPS) is 11.9. The lowest BCUT2D eigenvalue weighted by Crippen LogP contribution is -2.22. The van der Waals surface area contributed by atoms with Crippen LogP contribution < -0.4 is 11.1 Å². The molecular weight excluding hydrogens is 223 g/mol. The molecule has 0 aromatic heterocycles. The average molecular weight is 231 g/mol. The average Bonchev–Trinajstić information content (AvgIpc) is 2.18. The number of primary amides is 1. The van der Waals surface area contributed by atoms with Gasteiger partial charge in [-0.3, -0.25) is 9.59 Å². The Bertz CT molecular complexity index is 395. The highest BCUT2D eigenvalue weighted by Crippen LogP contribution is 2.15. The van der Waals surface area contributed by atoms with E-state index in [1.165, 1.54) is 12.1 Å². The summed E-state index contributed by atoms with van der Waals surface area (Å²) in [6.45, 7) is 0. The van der Waals surface area contributed by atoms with Crippen LogP contribution in [0, 0.1) is 0 Å². The van der Waals surface area contributed by atoms with Crippen molar-refractivity contribution in [1.29, 1.82) is 0 Å². The zero-order valence-electron chi connectivity index (χ0n) is 7.54. The first-order valence-corrected chi connectivity index (χ1v) is 4.44. The largest absolute Gasteiger partial charge is 0.366 e. The van der Waals surface area contributed by atoms with Gasteiger partial charge in [-0.25, -0.2) is 4.39 Å². The molecule has 4 nitrogen and oxygen atoms in total. The summed E-state index contributed by atoms with van der Waals surface area (Å²) < 4.78 is 12.4. The van der Waals surface area contributed by atoms with Crippen molar-refractivity contribution in [2.45, 2.75) is 5.63 Å². The van der Waals surface area contributed by atoms with E-state index in [-0.39, 0.29) is 11.3 Å². The highest BCUT2D eigenvalue weighted by atomic mass is 35.5. The summed E-state index contributed by atoms with van der Waals surface area (Å²) >= 11 is 4.92. The first kappa shape index (κ1) is 11.5. The van der Waals surface area contributed by atoms with Crippen LogP contribution >= 0.6 is 11.6 Å². The Morgan fingerprint density at radius 2 is 2.00 bits per heavy atom. The fourth-order valence-corrected chi connectivity index (χ4v) is 1.05. The minimum Gasteiger partial charge on any atom is -0.366 e. The molecular formula is C9H8ClFN2O2. The molecule has 0 saturated heterocycles. The maximum atomic E-state index is 12.4. The van der Waals surface area contributed by atoms with Gasteiger partial charge < -0.3 is 11.1 Å². The van der Waals surface area contributed by atoms with Crippen LogP contribution in [0.1, 0.15) is 10.4 Å². The highest BCUT2D eigenvalue weighted by molar-refractivity contribution is 6.31. The molecule has 0 spiro atoms. The highest BCUT2D eigenvalue weighted by Gasteiger charge is 2.16. The van der Waals surface area contributed by atoms with Gasteiger partial charge in [0.15, 0.2) is 0 Å². The third kappa shape index (κ3) is 2.92. The Hall–Kier alpha value is -1.62. The number of para-hydroxylation sites is 1. The molecule has 0 bridgehead atoms. The van der Waals surface area contributed by atoms with Crippen LogP contribution in [-0.2, 0) is 4.79 Å². The van der Waals surface area contributed by atoms with Crippen LogP contribution in [0.5, 0.6) is 0 Å². The van der Waals surface area contributed by atoms with Crippen LogP contribution in [0.25, 0.3) is 0 Å². The smallest absolute Gasteiger partial charge is 0.274 e. The molecule has 1 unspecified atom stereocenters. The lowest BCUT2D eigenvalue weighted by atomic mass is 10.1. The van der Waals surface area contributed by atoms with E-state index in [0.29, 0.717) is 0 Å². The summed E-state index contributed by atoms with van der Waals surface area (Å²) in [4.78, 5) is 21.8. The van der Waals surface area contributed by atoms with E-state index < -0.39 is 17.4 Å². The number of rotatable bonds is 3. The van der Waals surface area contributed by atoms with Crippen molar-refractivity contribution < 1.29 is 14.0 Å². The summed E-state index contributed by atoms with van der Waals surface area (Å²) in [5.41, 5.74) is 3.13. The molecule has 0 fully saturated rings. The predicted octanol–water partition coefficient (Wildman–Crippen LogP) is 1.26. The molecule has 1 aromatic carbocycles. The SMILES string of the molecule is NC(=O)c1ccccc1NC(=O)C(F)Cl. The van der Waals surface area contributed by atoms with Gasteiger partial charge >= 0.3 is 0 Å². The molecule has 0 heterocycles. The molecule has 1 rings (SSSR count). The Morgan fingerprint density at radius 3 is 2.53 bits per heavy atom. The molecule has 0 aliphatic rings. The van der Waals surface area contributed by atoms with Gasteiger partial charge in [0.05, 0.1) is 11.3 Å². The Labute approximate surface area is 90.2 Å². The number of amides is 2. The second-order valence-electron chi connectivity index (χ2n) is 2.70. The van der Waals surface area contributed by atoms with E-state index >= 15 is 0 Å². The van der Waals surface area contributed by atoms with E-state index in [2.05, 4.69) is 5.32 Å². The van der Waals surface area contributed by atoms with Crippen molar-refractivity contribution in [2.75, 3.05) is 5.32 Å². The van der Waals surface area contributed by atoms with Crippen LogP contribution in [0.3, 0.4) is 0 Å². The number of carbonyl (C=O) groups is 2. The Morgan fingerprint density at radius 1 is 1.40 bits per heavy atom. The number of hydrogen-bond acceptors (Lipinski definition) is 2. The molecule has 0 saturated carbocycles. The topological polar surface area (TPSA) is 72.2 Å². The van der Waals surface area contributed by atoms with E-state index in [4.69, 9.17) is 17.3 Å². The van der Waals surface area contributed by atoms with Crippen molar-refractivity contribution in [3.05, 3.63) is 29.8 Å². The summed E-state index contributed by atoms with van der Waals surface area (Å²) in [6.07, 6.45) is 0. The second-order valence-corrected chi connectivity index (χ2v) is 3.08. The van der Waals surface area contributed by atoms with Gasteiger partial charge in [-0.1, -0.05) is 23.7 Å². The number of nitrogens with one attached hydrogen (secondary N) is 1. The van der Waals surface area contributed by atoms with Gasteiger partial charge in [-0.2, -0.15) is 0 Å². The van der Waals surface area contributed by atoms with Gasteiger partial charge in [0, 0.05) is 0 Å². The van der Waals surface area contributed by atoms with Gasteiger partial charge in [-0.15, -0.1) is 0 Å². The van der Waals surface area contributed by atoms with Crippen LogP contribution in [0.4, 0.5) is 10.1 Å². The first-order valence-electron chi connectivity index (χ1n) is 4.00. The zero-order valence-corrected chi connectivity index (χ0v) is 8.29. The van der Waals surface area contributed by atoms with Crippen LogP contribution in [0.2, 0.25) is 0 Å². The van der Waals surface area contributed by atoms with Crippen LogP contribution in [-0.4, -0.2) is 17.4 Å². The number of anilines is 1. The second kappa shape index (κ2) is 4.75. The molecule has 1 atom stereocenters. The predicted molar refractivity (Wildman–Crippen MR) is 54.3 cm³/mol. The van der Waals surface area contributed by atoms with Gasteiger partial charge in [0.1, 0.15) is 0 Å². The minimum absolute atomic E-state index is 0.100. The van der Waals surface area contributed by atoms with Gasteiger partial charge in [-0.05, 0) is 12.1 Å². The molecule has 0 aliphatic carbocycles. The Balaban J connectivity index is 2.94. The van der Waals surface area contributed by atoms with Crippen molar-refractivity contribution in [3.8, 4) is 0 Å². The third-order valence-corrected chi connectivity index (χ3v) is 1.85. The molecule has 1 aromatic rings. The number of hydrogen-bond donors (Lipinski definition) is 2. The number of halogens is 2. The number of alkyl halides is 2. The van der Waals surface area contributed by atoms with Gasteiger partial charge in [0.25, 0.3) is 17.4 Å². The standard InChI is InChI=1S/C9H8ClFN2O2/c10-7(11)9(15)13-6-4-2-1-3-5(6)8(12)14/h1-4,7H,(H2,12,14)(H,13,15). The molecule has 3 N–H and O–H groups in total. The number of carbonyl (C=O) groups excluding carboxylic acids is 2. The van der Waals surface area contributed by atoms with E-state index in [1.807, 2.05) is 0 Å². The van der Waals surface area contributed by atoms with E-state index in [1.54, 1.807) is 12.1 Å². The third-order valence-electron chi connectivity index (χ3n) is 1.65. The van der Waals surface area contributed by atoms with Crippen LogP contribution in [0.15, 0.2) is 24.3 Å². The lowest BCUT2D eigenvalue weighted by molar-refractivity contribution is -0.118. The molecule has 2 amide bonds. The minimum atomic E-state index is -2.16. The maximum Gasteiger partial charge on any atom is 0.274 e. The molecule has 6 heteroatoms. The van der Waals surface area contributed by atoms with E-state index in [9.17, 15) is 14.0 Å². The molecule has 0 aliphatic heterocycles. The fraction of sp³-hybridized carbons (Fsp3) is 0.111. The first-order chi connectivity index (χ1) is 7.02. The molecule has 80 valence electrons. The monoisotopic (exact) mass is 230 g/mol. The number of benzene rings is 1. The van der Waals surface area contributed by atoms with E-state index in [0.717, 1.165) is 0 Å². The quantitative estimate of drug-likeness (QED) is 0.768. The number of nitrogens with two attached hydrogens (primary N) is 1. The van der Waals surface area contributed by atoms with Crippen molar-refractivity contribution in [1.82, 2.24) is 0 Å². The summed E-state index contributed by atoms with van der Waals surface area (Å²) in [5.74, 6) is -1.75. The van der Waals surface area contributed by atoms with Crippen molar-refractivity contribution >= 4 is 29.1 Å². The van der Waals surface area contributed by atoms with Crippen molar-refractivity contribution in [2.24, 2.45) is 5.73 Å². The maximum absolute atomic E-state index is 12.4. The van der Waals surface area contributed by atoms with Gasteiger partial charge in [0.2, 0.25) is 0 Å². The summed E-state index contributed by atoms with van der Waals surface area (Å²) in [5, 5.41) is 2.14. The van der Waals surface area contributed by atoms with Crippen molar-refractivity contribution in [3.63, 3.8) is 0 Å². The Kier molecular flexibility index (Phi) is 3.62. The summed E-state index contributed by atoms with van der Waals surface area (Å²) in [6, 6.07) is 5.99. The summed E-state index contributed by atoms with van der Waals surface area (Å²) in [7, 11) is 0.